The van der Waals surface area contributed by atoms with Crippen molar-refractivity contribution < 1.29 is 22.7 Å². The Balaban J connectivity index is 1.84. The second kappa shape index (κ2) is 10.3. The molecule has 7 nitrogen and oxygen atoms in total. The number of nitrogens with one attached hydrogen (secondary N) is 2. The summed E-state index contributed by atoms with van der Waals surface area (Å²) in [6.07, 6.45) is 0. The summed E-state index contributed by atoms with van der Waals surface area (Å²) in [6, 6.07) is 14.2. The van der Waals surface area contributed by atoms with E-state index in [1.807, 2.05) is 19.9 Å². The van der Waals surface area contributed by atoms with Crippen LogP contribution in [0.5, 0.6) is 0 Å². The molecule has 3 aromatic rings. The Kier molecular flexibility index (Phi) is 7.64. The molecule has 0 bridgehead atoms. The van der Waals surface area contributed by atoms with Gasteiger partial charge in [-0.3, -0.25) is 9.52 Å². The summed E-state index contributed by atoms with van der Waals surface area (Å²) in [5, 5.41) is 2.80. The maximum atomic E-state index is 13.1. The maximum Gasteiger partial charge on any atom is 0.339 e. The summed E-state index contributed by atoms with van der Waals surface area (Å²) in [6.45, 7) is 7.32. The van der Waals surface area contributed by atoms with Gasteiger partial charge in [0.05, 0.1) is 22.1 Å². The van der Waals surface area contributed by atoms with Crippen molar-refractivity contribution in [2.75, 3.05) is 16.6 Å². The number of hydrogen-bond donors (Lipinski definition) is 2. The highest BCUT2D eigenvalue weighted by Gasteiger charge is 2.20. The van der Waals surface area contributed by atoms with Crippen LogP contribution in [0.1, 0.15) is 44.3 Å². The van der Waals surface area contributed by atoms with E-state index < -0.39 is 21.9 Å². The number of esters is 1. The highest BCUT2D eigenvalue weighted by molar-refractivity contribution is 7.92. The fraction of sp³-hybridized carbons (Fsp3) is 0.200. The zero-order valence-electron chi connectivity index (χ0n) is 19.2. The third-order valence-corrected chi connectivity index (χ3v) is 6.77. The van der Waals surface area contributed by atoms with E-state index in [1.54, 1.807) is 32.0 Å². The molecular formula is C25H25ClN2O5S. The molecule has 0 spiro atoms. The molecule has 0 aliphatic carbocycles. The van der Waals surface area contributed by atoms with Gasteiger partial charge >= 0.3 is 5.97 Å². The predicted molar refractivity (Wildman–Crippen MR) is 133 cm³/mol. The SMILES string of the molecule is CCOC(=O)c1ccc(NC(=O)c2ccc(C)c(S(=O)(=O)Nc3cc(C)cc(C)c3)c2)cc1Cl. The van der Waals surface area contributed by atoms with Crippen LogP contribution in [0.25, 0.3) is 0 Å². The summed E-state index contributed by atoms with van der Waals surface area (Å²) in [4.78, 5) is 24.7. The molecule has 0 aromatic heterocycles. The summed E-state index contributed by atoms with van der Waals surface area (Å²) >= 11 is 6.15. The molecule has 0 saturated carbocycles. The standard InChI is InChI=1S/C25H25ClN2O5S/c1-5-33-25(30)21-9-8-19(14-22(21)26)27-24(29)18-7-6-17(4)23(13-18)34(31,32)28-20-11-15(2)10-16(3)12-20/h6-14,28H,5H2,1-4H3,(H,27,29). The molecule has 3 aromatic carbocycles. The van der Waals surface area contributed by atoms with Crippen LogP contribution in [0.2, 0.25) is 5.02 Å². The molecule has 0 fully saturated rings. The highest BCUT2D eigenvalue weighted by Crippen LogP contribution is 2.25. The zero-order chi connectivity index (χ0) is 25.0. The van der Waals surface area contributed by atoms with Crippen molar-refractivity contribution in [3.8, 4) is 0 Å². The van der Waals surface area contributed by atoms with Gasteiger partial charge in [0.1, 0.15) is 0 Å². The number of ether oxygens (including phenoxy) is 1. The summed E-state index contributed by atoms with van der Waals surface area (Å²) in [5.41, 5.74) is 3.48. The average molecular weight is 501 g/mol. The van der Waals surface area contributed by atoms with Gasteiger partial charge in [0.15, 0.2) is 0 Å². The van der Waals surface area contributed by atoms with Crippen molar-refractivity contribution >= 4 is 44.9 Å². The van der Waals surface area contributed by atoms with Crippen LogP contribution in [0, 0.1) is 20.8 Å². The van der Waals surface area contributed by atoms with Gasteiger partial charge < -0.3 is 10.1 Å². The lowest BCUT2D eigenvalue weighted by molar-refractivity contribution is 0.0526. The summed E-state index contributed by atoms with van der Waals surface area (Å²) in [5.74, 6) is -1.09. The van der Waals surface area contributed by atoms with Gasteiger partial charge in [-0.25, -0.2) is 13.2 Å². The first-order chi connectivity index (χ1) is 16.0. The normalized spacial score (nSPS) is 11.1. The smallest absolute Gasteiger partial charge is 0.339 e. The molecule has 0 atom stereocenters. The van der Waals surface area contributed by atoms with E-state index in [1.165, 1.54) is 30.3 Å². The van der Waals surface area contributed by atoms with Crippen molar-refractivity contribution in [2.24, 2.45) is 0 Å². The number of carbonyl (C=O) groups is 2. The Morgan fingerprint density at radius 2 is 1.59 bits per heavy atom. The minimum absolute atomic E-state index is 0.00463. The monoisotopic (exact) mass is 500 g/mol. The van der Waals surface area contributed by atoms with Crippen molar-refractivity contribution in [1.29, 1.82) is 0 Å². The Bertz CT molecular complexity index is 1350. The number of aryl methyl sites for hydroxylation is 3. The molecule has 1 amide bonds. The van der Waals surface area contributed by atoms with Crippen molar-refractivity contribution in [3.05, 3.63) is 87.4 Å². The fourth-order valence-electron chi connectivity index (χ4n) is 3.45. The summed E-state index contributed by atoms with van der Waals surface area (Å²) in [7, 11) is -3.94. The van der Waals surface area contributed by atoms with E-state index in [4.69, 9.17) is 16.3 Å². The number of halogens is 1. The van der Waals surface area contributed by atoms with Crippen LogP contribution < -0.4 is 10.0 Å². The number of hydrogen-bond acceptors (Lipinski definition) is 5. The minimum Gasteiger partial charge on any atom is -0.462 e. The van der Waals surface area contributed by atoms with Gasteiger partial charge in [-0.2, -0.15) is 0 Å². The Hall–Kier alpha value is -3.36. The third-order valence-electron chi connectivity index (χ3n) is 4.94. The number of benzene rings is 3. The second-order valence-electron chi connectivity index (χ2n) is 7.83. The Morgan fingerprint density at radius 1 is 0.912 bits per heavy atom. The van der Waals surface area contributed by atoms with Gasteiger partial charge in [0.25, 0.3) is 15.9 Å². The van der Waals surface area contributed by atoms with Crippen LogP contribution in [0.4, 0.5) is 11.4 Å². The lowest BCUT2D eigenvalue weighted by atomic mass is 10.1. The van der Waals surface area contributed by atoms with Crippen molar-refractivity contribution in [1.82, 2.24) is 0 Å². The molecule has 0 aliphatic heterocycles. The van der Waals surface area contributed by atoms with Gasteiger partial charge in [-0.15, -0.1) is 0 Å². The number of amides is 1. The van der Waals surface area contributed by atoms with E-state index in [0.29, 0.717) is 16.9 Å². The molecular weight excluding hydrogens is 476 g/mol. The molecule has 178 valence electrons. The fourth-order valence-corrected chi connectivity index (χ4v) is 5.01. The van der Waals surface area contributed by atoms with E-state index in [9.17, 15) is 18.0 Å². The van der Waals surface area contributed by atoms with Crippen molar-refractivity contribution in [3.63, 3.8) is 0 Å². The predicted octanol–water partition coefficient (Wildman–Crippen LogP) is 5.50. The molecule has 0 heterocycles. The van der Waals surface area contributed by atoms with Gasteiger partial charge in [-0.05, 0) is 86.8 Å². The number of rotatable bonds is 7. The Morgan fingerprint density at radius 3 is 2.21 bits per heavy atom. The molecule has 34 heavy (non-hydrogen) atoms. The first kappa shape index (κ1) is 25.3. The van der Waals surface area contributed by atoms with Crippen LogP contribution in [0.15, 0.2) is 59.5 Å². The van der Waals surface area contributed by atoms with E-state index >= 15 is 0 Å². The molecule has 9 heteroatoms. The first-order valence-electron chi connectivity index (χ1n) is 10.5. The second-order valence-corrected chi connectivity index (χ2v) is 9.89. The lowest BCUT2D eigenvalue weighted by Crippen LogP contribution is -2.17. The number of anilines is 2. The topological polar surface area (TPSA) is 102 Å². The van der Waals surface area contributed by atoms with Crippen LogP contribution in [0.3, 0.4) is 0 Å². The average Bonchev–Trinajstić information content (AvgIpc) is 2.73. The largest absolute Gasteiger partial charge is 0.462 e. The van der Waals surface area contributed by atoms with Gasteiger partial charge in [0, 0.05) is 16.9 Å². The molecule has 0 aliphatic rings. The lowest BCUT2D eigenvalue weighted by Gasteiger charge is -2.13. The van der Waals surface area contributed by atoms with E-state index in [-0.39, 0.29) is 27.7 Å². The number of carbonyl (C=O) groups excluding carboxylic acids is 2. The number of sulfonamides is 1. The molecule has 0 unspecified atom stereocenters. The maximum absolute atomic E-state index is 13.1. The highest BCUT2D eigenvalue weighted by atomic mass is 35.5. The van der Waals surface area contributed by atoms with Crippen LogP contribution >= 0.6 is 11.6 Å². The van der Waals surface area contributed by atoms with Gasteiger partial charge in [0.2, 0.25) is 0 Å². The first-order valence-corrected chi connectivity index (χ1v) is 12.4. The molecule has 3 rings (SSSR count). The molecule has 0 radical (unpaired) electrons. The van der Waals surface area contributed by atoms with Crippen LogP contribution in [-0.4, -0.2) is 26.9 Å². The molecule has 0 saturated heterocycles. The van der Waals surface area contributed by atoms with E-state index in [2.05, 4.69) is 10.0 Å². The van der Waals surface area contributed by atoms with Crippen molar-refractivity contribution in [2.45, 2.75) is 32.6 Å². The van der Waals surface area contributed by atoms with E-state index in [0.717, 1.165) is 11.1 Å². The van der Waals surface area contributed by atoms with Gasteiger partial charge in [-0.1, -0.05) is 23.7 Å². The van der Waals surface area contributed by atoms with Crippen LogP contribution in [-0.2, 0) is 14.8 Å². The third kappa shape index (κ3) is 5.95. The summed E-state index contributed by atoms with van der Waals surface area (Å²) < 4.78 is 33.7. The zero-order valence-corrected chi connectivity index (χ0v) is 20.8. The minimum atomic E-state index is -3.94. The Labute approximate surface area is 204 Å². The quantitative estimate of drug-likeness (QED) is 0.417. The molecule has 2 N–H and O–H groups in total.